The third kappa shape index (κ3) is 4.34. The maximum absolute atomic E-state index is 13.9. The molecular formula is C29H26N2O5S. The van der Waals surface area contributed by atoms with Crippen molar-refractivity contribution in [1.29, 1.82) is 0 Å². The molecule has 0 amide bonds. The number of hydrogen-bond acceptors (Lipinski definition) is 7. The van der Waals surface area contributed by atoms with E-state index in [2.05, 4.69) is 4.99 Å². The molecule has 1 aliphatic heterocycles. The predicted molar refractivity (Wildman–Crippen MR) is 144 cm³/mol. The van der Waals surface area contributed by atoms with Gasteiger partial charge in [0, 0.05) is 5.56 Å². The number of rotatable bonds is 6. The second kappa shape index (κ2) is 10.1. The van der Waals surface area contributed by atoms with Crippen LogP contribution >= 0.6 is 11.3 Å². The van der Waals surface area contributed by atoms with Gasteiger partial charge < -0.3 is 14.2 Å². The van der Waals surface area contributed by atoms with E-state index in [9.17, 15) is 9.59 Å². The fourth-order valence-electron chi connectivity index (χ4n) is 4.63. The van der Waals surface area contributed by atoms with Gasteiger partial charge in [-0.15, -0.1) is 0 Å². The van der Waals surface area contributed by atoms with Gasteiger partial charge in [0.05, 0.1) is 42.7 Å². The van der Waals surface area contributed by atoms with Crippen molar-refractivity contribution >= 4 is 34.2 Å². The standard InChI is InChI=1S/C29H26N2O5S/c1-5-36-28(33)25-17(2)30-29-31(26(25)19-10-13-20(34-3)14-11-19)27(32)24(37-29)16-22-21-9-7-6-8-18(21)12-15-23(22)35-4/h6-16,26H,5H2,1-4H3/b24-16-. The molecule has 1 atom stereocenters. The average molecular weight is 515 g/mol. The molecule has 1 aromatic heterocycles. The Balaban J connectivity index is 1.77. The second-order valence-corrected chi connectivity index (χ2v) is 9.49. The fraction of sp³-hybridized carbons (Fsp3) is 0.207. The van der Waals surface area contributed by atoms with Gasteiger partial charge in [-0.25, -0.2) is 9.79 Å². The zero-order valence-electron chi connectivity index (χ0n) is 21.0. The van der Waals surface area contributed by atoms with Gasteiger partial charge in [-0.3, -0.25) is 9.36 Å². The van der Waals surface area contributed by atoms with Crippen LogP contribution in [0.15, 0.2) is 81.7 Å². The monoisotopic (exact) mass is 514 g/mol. The molecule has 0 bridgehead atoms. The van der Waals surface area contributed by atoms with Crippen LogP contribution in [0, 0.1) is 0 Å². The first-order chi connectivity index (χ1) is 18.0. The van der Waals surface area contributed by atoms with Crippen molar-refractivity contribution in [3.63, 3.8) is 0 Å². The van der Waals surface area contributed by atoms with Crippen molar-refractivity contribution in [3.05, 3.63) is 103 Å². The Morgan fingerprint density at radius 3 is 2.51 bits per heavy atom. The Bertz CT molecular complexity index is 1710. The zero-order valence-corrected chi connectivity index (χ0v) is 21.8. The number of fused-ring (bicyclic) bond motifs is 2. The van der Waals surface area contributed by atoms with Gasteiger partial charge in [0.1, 0.15) is 11.5 Å². The van der Waals surface area contributed by atoms with E-state index in [4.69, 9.17) is 14.2 Å². The van der Waals surface area contributed by atoms with E-state index in [0.717, 1.165) is 21.9 Å². The van der Waals surface area contributed by atoms with Crippen LogP contribution in [-0.4, -0.2) is 31.4 Å². The van der Waals surface area contributed by atoms with Crippen LogP contribution in [0.25, 0.3) is 16.8 Å². The Morgan fingerprint density at radius 1 is 1.05 bits per heavy atom. The highest BCUT2D eigenvalue weighted by Gasteiger charge is 2.33. The minimum atomic E-state index is -0.683. The van der Waals surface area contributed by atoms with Crippen LogP contribution in [-0.2, 0) is 9.53 Å². The number of carbonyl (C=O) groups excluding carboxylic acids is 1. The van der Waals surface area contributed by atoms with Crippen molar-refractivity contribution < 1.29 is 19.0 Å². The summed E-state index contributed by atoms with van der Waals surface area (Å²) in [5.74, 6) is 0.854. The first kappa shape index (κ1) is 24.5. The van der Waals surface area contributed by atoms with Gasteiger partial charge in [0.2, 0.25) is 0 Å². The lowest BCUT2D eigenvalue weighted by Gasteiger charge is -2.24. The van der Waals surface area contributed by atoms with Gasteiger partial charge in [-0.05, 0) is 54.5 Å². The van der Waals surface area contributed by atoms with Gasteiger partial charge in [0.15, 0.2) is 4.80 Å². The van der Waals surface area contributed by atoms with Crippen molar-refractivity contribution in [2.75, 3.05) is 20.8 Å². The summed E-state index contributed by atoms with van der Waals surface area (Å²) in [4.78, 5) is 32.2. The molecule has 7 nitrogen and oxygen atoms in total. The molecule has 5 rings (SSSR count). The second-order valence-electron chi connectivity index (χ2n) is 8.48. The molecule has 0 radical (unpaired) electrons. The largest absolute Gasteiger partial charge is 0.497 e. The van der Waals surface area contributed by atoms with Gasteiger partial charge in [0.25, 0.3) is 5.56 Å². The highest BCUT2D eigenvalue weighted by molar-refractivity contribution is 7.07. The molecule has 188 valence electrons. The van der Waals surface area contributed by atoms with E-state index < -0.39 is 12.0 Å². The first-order valence-corrected chi connectivity index (χ1v) is 12.7. The number of allylic oxidation sites excluding steroid dienone is 1. The first-order valence-electron chi connectivity index (χ1n) is 11.9. The van der Waals surface area contributed by atoms with Crippen LogP contribution in [0.3, 0.4) is 0 Å². The quantitative estimate of drug-likeness (QED) is 0.364. The molecule has 0 saturated carbocycles. The molecule has 2 heterocycles. The van der Waals surface area contributed by atoms with E-state index in [1.54, 1.807) is 32.6 Å². The van der Waals surface area contributed by atoms with Crippen molar-refractivity contribution in [2.24, 2.45) is 4.99 Å². The summed E-state index contributed by atoms with van der Waals surface area (Å²) in [6.07, 6.45) is 1.85. The third-order valence-corrected chi connectivity index (χ3v) is 7.36. The van der Waals surface area contributed by atoms with Crippen molar-refractivity contribution in [3.8, 4) is 11.5 Å². The lowest BCUT2D eigenvalue weighted by Crippen LogP contribution is -2.39. The Kier molecular flexibility index (Phi) is 6.67. The molecule has 4 aromatic rings. The SMILES string of the molecule is CCOC(=O)C1=C(C)N=c2s/c(=C\c3c(OC)ccc4ccccc34)c(=O)n2C1c1ccc(OC)cc1. The molecule has 3 aromatic carbocycles. The molecule has 0 aliphatic carbocycles. The number of methoxy groups -OCH3 is 2. The van der Waals surface area contributed by atoms with E-state index in [1.165, 1.54) is 11.3 Å². The number of thiazole rings is 1. The normalized spacial score (nSPS) is 15.4. The van der Waals surface area contributed by atoms with Crippen molar-refractivity contribution in [1.82, 2.24) is 4.57 Å². The highest BCUT2D eigenvalue weighted by Crippen LogP contribution is 2.32. The highest BCUT2D eigenvalue weighted by atomic mass is 32.1. The van der Waals surface area contributed by atoms with Crippen LogP contribution in [0.4, 0.5) is 0 Å². The predicted octanol–water partition coefficient (Wildman–Crippen LogP) is 3.97. The average Bonchev–Trinajstić information content (AvgIpc) is 3.22. The zero-order chi connectivity index (χ0) is 26.1. The Morgan fingerprint density at radius 2 is 1.81 bits per heavy atom. The summed E-state index contributed by atoms with van der Waals surface area (Å²) in [7, 11) is 3.20. The topological polar surface area (TPSA) is 79.1 Å². The molecule has 1 unspecified atom stereocenters. The molecule has 8 heteroatoms. The molecular weight excluding hydrogens is 488 g/mol. The maximum Gasteiger partial charge on any atom is 0.338 e. The minimum Gasteiger partial charge on any atom is -0.497 e. The third-order valence-electron chi connectivity index (χ3n) is 6.37. The molecule has 0 N–H and O–H groups in total. The molecule has 0 saturated heterocycles. The lowest BCUT2D eigenvalue weighted by atomic mass is 9.96. The van der Waals surface area contributed by atoms with Crippen molar-refractivity contribution in [2.45, 2.75) is 19.9 Å². The summed E-state index contributed by atoms with van der Waals surface area (Å²) in [5.41, 5.74) is 2.19. The summed E-state index contributed by atoms with van der Waals surface area (Å²) in [6, 6.07) is 18.5. The lowest BCUT2D eigenvalue weighted by molar-refractivity contribution is -0.139. The number of nitrogens with zero attached hydrogens (tertiary/aromatic N) is 2. The van der Waals surface area contributed by atoms with Gasteiger partial charge in [-0.2, -0.15) is 0 Å². The van der Waals surface area contributed by atoms with Crippen LogP contribution in [0.2, 0.25) is 0 Å². The number of carbonyl (C=O) groups is 1. The van der Waals surface area contributed by atoms with Gasteiger partial charge >= 0.3 is 5.97 Å². The minimum absolute atomic E-state index is 0.218. The molecule has 0 fully saturated rings. The van der Waals surface area contributed by atoms with Crippen LogP contribution in [0.5, 0.6) is 11.5 Å². The summed E-state index contributed by atoms with van der Waals surface area (Å²) < 4.78 is 18.4. The van der Waals surface area contributed by atoms with Crippen LogP contribution in [0.1, 0.15) is 31.0 Å². The van der Waals surface area contributed by atoms with Crippen LogP contribution < -0.4 is 24.4 Å². The summed E-state index contributed by atoms with van der Waals surface area (Å²) in [6.45, 7) is 3.74. The number of hydrogen-bond donors (Lipinski definition) is 0. The van der Waals surface area contributed by atoms with E-state index in [1.807, 2.05) is 66.7 Å². The number of benzene rings is 3. The molecule has 0 spiro atoms. The Hall–Kier alpha value is -4.17. The van der Waals surface area contributed by atoms with E-state index in [-0.39, 0.29) is 12.2 Å². The fourth-order valence-corrected chi connectivity index (χ4v) is 5.66. The number of ether oxygens (including phenoxy) is 3. The Labute approximate surface area is 217 Å². The summed E-state index contributed by atoms with van der Waals surface area (Å²) in [5, 5.41) is 2.02. The van der Waals surface area contributed by atoms with Gasteiger partial charge in [-0.1, -0.05) is 53.8 Å². The summed E-state index contributed by atoms with van der Waals surface area (Å²) >= 11 is 1.28. The maximum atomic E-state index is 13.9. The number of esters is 1. The number of aromatic nitrogens is 1. The molecule has 1 aliphatic rings. The smallest absolute Gasteiger partial charge is 0.338 e. The van der Waals surface area contributed by atoms with E-state index in [0.29, 0.717) is 32.1 Å². The van der Waals surface area contributed by atoms with E-state index >= 15 is 0 Å². The molecule has 37 heavy (non-hydrogen) atoms.